The monoisotopic (exact) mass is 204 g/mol. The van der Waals surface area contributed by atoms with Crippen LogP contribution in [0.2, 0.25) is 0 Å². The topological polar surface area (TPSA) is 0 Å². The van der Waals surface area contributed by atoms with Crippen LogP contribution in [0.1, 0.15) is 11.1 Å². The van der Waals surface area contributed by atoms with Crippen molar-refractivity contribution in [2.75, 3.05) is 0 Å². The van der Waals surface area contributed by atoms with E-state index in [4.69, 9.17) is 0 Å². The Labute approximate surface area is 70.5 Å². The molecule has 48 valence electrons. The summed E-state index contributed by atoms with van der Waals surface area (Å²) < 4.78 is 0. The molecule has 0 nitrogen and oxygen atoms in total. The van der Waals surface area contributed by atoms with Gasteiger partial charge >= 0.3 is 0 Å². The van der Waals surface area contributed by atoms with Crippen molar-refractivity contribution in [3.8, 4) is 0 Å². The second-order valence-electron chi connectivity index (χ2n) is 2.15. The minimum Gasteiger partial charge on any atom is -0.0591 e. The van der Waals surface area contributed by atoms with Crippen LogP contribution in [0.5, 0.6) is 0 Å². The molecule has 0 saturated heterocycles. The van der Waals surface area contributed by atoms with Gasteiger partial charge in [0.15, 0.2) is 0 Å². The van der Waals surface area contributed by atoms with Crippen molar-refractivity contribution in [3.05, 3.63) is 35.4 Å². The predicted molar refractivity (Wildman–Crippen MR) is 35.9 cm³/mol. The van der Waals surface area contributed by atoms with E-state index in [2.05, 4.69) is 38.1 Å². The van der Waals surface area contributed by atoms with Crippen LogP contribution in [0.4, 0.5) is 0 Å². The van der Waals surface area contributed by atoms with Gasteiger partial charge in [-0.2, -0.15) is 0 Å². The van der Waals surface area contributed by atoms with E-state index in [1.807, 2.05) is 0 Å². The van der Waals surface area contributed by atoms with Crippen molar-refractivity contribution in [1.29, 1.82) is 0 Å². The minimum absolute atomic E-state index is 0. The third-order valence-electron chi connectivity index (χ3n) is 1.22. The molecule has 0 N–H and O–H groups in total. The van der Waals surface area contributed by atoms with Gasteiger partial charge in [0.1, 0.15) is 0 Å². The first-order chi connectivity index (χ1) is 3.79. The molecular formula is C8H10Mo. The summed E-state index contributed by atoms with van der Waals surface area (Å²) in [4.78, 5) is 0. The Kier molecular flexibility index (Phi) is 3.81. The summed E-state index contributed by atoms with van der Waals surface area (Å²) in [5.74, 6) is 0. The number of benzene rings is 1. The summed E-state index contributed by atoms with van der Waals surface area (Å²) in [6, 6.07) is 8.48. The Bertz CT molecular complexity index is 143. The van der Waals surface area contributed by atoms with Crippen molar-refractivity contribution in [1.82, 2.24) is 0 Å². The smallest absolute Gasteiger partial charge is 0 e. The van der Waals surface area contributed by atoms with E-state index in [0.717, 1.165) is 0 Å². The van der Waals surface area contributed by atoms with Gasteiger partial charge in [0.05, 0.1) is 0 Å². The summed E-state index contributed by atoms with van der Waals surface area (Å²) in [5, 5.41) is 0. The zero-order valence-electron chi connectivity index (χ0n) is 5.72. The zero-order chi connectivity index (χ0) is 5.98. The van der Waals surface area contributed by atoms with Gasteiger partial charge in [-0.25, -0.2) is 0 Å². The quantitative estimate of drug-likeness (QED) is 0.566. The molecular weight excluding hydrogens is 192 g/mol. The Morgan fingerprint density at radius 1 is 0.778 bits per heavy atom. The standard InChI is InChI=1S/C8H10.Mo/c1-7-3-5-8(2)6-4-7;/h3-6H,1-2H3;. The summed E-state index contributed by atoms with van der Waals surface area (Å²) in [7, 11) is 0. The Morgan fingerprint density at radius 3 is 1.22 bits per heavy atom. The molecule has 0 aromatic heterocycles. The van der Waals surface area contributed by atoms with Crippen molar-refractivity contribution >= 4 is 0 Å². The Morgan fingerprint density at radius 2 is 1.00 bits per heavy atom. The van der Waals surface area contributed by atoms with E-state index in [1.54, 1.807) is 0 Å². The van der Waals surface area contributed by atoms with E-state index in [1.165, 1.54) is 11.1 Å². The Hall–Kier alpha value is -0.0917. The first kappa shape index (κ1) is 8.91. The molecule has 0 atom stereocenters. The fourth-order valence-corrected chi connectivity index (χ4v) is 0.637. The summed E-state index contributed by atoms with van der Waals surface area (Å²) in [5.41, 5.74) is 2.66. The molecule has 0 saturated carbocycles. The number of rotatable bonds is 0. The number of aryl methyl sites for hydroxylation is 2. The van der Waals surface area contributed by atoms with Crippen molar-refractivity contribution in [2.45, 2.75) is 13.8 Å². The molecule has 0 aliphatic rings. The van der Waals surface area contributed by atoms with Gasteiger partial charge in [0, 0.05) is 21.1 Å². The van der Waals surface area contributed by atoms with Gasteiger partial charge in [-0.05, 0) is 13.8 Å². The maximum absolute atomic E-state index is 2.12. The van der Waals surface area contributed by atoms with Crippen LogP contribution in [-0.4, -0.2) is 0 Å². The number of hydrogen-bond donors (Lipinski definition) is 0. The molecule has 1 heteroatoms. The summed E-state index contributed by atoms with van der Waals surface area (Å²) in [6.45, 7) is 4.19. The average molecular weight is 202 g/mol. The zero-order valence-corrected chi connectivity index (χ0v) is 7.72. The largest absolute Gasteiger partial charge is 0.0591 e. The summed E-state index contributed by atoms with van der Waals surface area (Å²) in [6.07, 6.45) is 0. The molecule has 0 bridgehead atoms. The van der Waals surface area contributed by atoms with Crippen molar-refractivity contribution in [2.24, 2.45) is 0 Å². The molecule has 0 fully saturated rings. The van der Waals surface area contributed by atoms with E-state index < -0.39 is 0 Å². The van der Waals surface area contributed by atoms with E-state index in [-0.39, 0.29) is 21.1 Å². The third kappa shape index (κ3) is 2.81. The average Bonchev–Trinajstić information content (AvgIpc) is 1.77. The van der Waals surface area contributed by atoms with Crippen LogP contribution >= 0.6 is 0 Å². The molecule has 1 aromatic rings. The number of hydrogen-bond acceptors (Lipinski definition) is 0. The minimum atomic E-state index is 0. The first-order valence-corrected chi connectivity index (χ1v) is 2.82. The second kappa shape index (κ2) is 3.84. The van der Waals surface area contributed by atoms with Crippen LogP contribution in [0.25, 0.3) is 0 Å². The third-order valence-corrected chi connectivity index (χ3v) is 1.22. The van der Waals surface area contributed by atoms with Gasteiger partial charge in [-0.3, -0.25) is 0 Å². The molecule has 0 aliphatic carbocycles. The van der Waals surface area contributed by atoms with Gasteiger partial charge in [-0.15, -0.1) is 0 Å². The van der Waals surface area contributed by atoms with E-state index in [0.29, 0.717) is 0 Å². The van der Waals surface area contributed by atoms with Crippen LogP contribution in [0.15, 0.2) is 24.3 Å². The van der Waals surface area contributed by atoms with Gasteiger partial charge in [0.25, 0.3) is 0 Å². The van der Waals surface area contributed by atoms with Crippen LogP contribution in [0.3, 0.4) is 0 Å². The van der Waals surface area contributed by atoms with Crippen LogP contribution in [0, 0.1) is 13.8 Å². The predicted octanol–water partition coefficient (Wildman–Crippen LogP) is 2.30. The molecule has 0 unspecified atom stereocenters. The Balaban J connectivity index is 0.000000640. The second-order valence-corrected chi connectivity index (χ2v) is 2.15. The SMILES string of the molecule is Cc1ccc(C)cc1.[Mo]. The molecule has 1 rings (SSSR count). The van der Waals surface area contributed by atoms with Gasteiger partial charge in [-0.1, -0.05) is 35.4 Å². The summed E-state index contributed by atoms with van der Waals surface area (Å²) >= 11 is 0. The molecule has 0 radical (unpaired) electrons. The molecule has 0 spiro atoms. The first-order valence-electron chi connectivity index (χ1n) is 2.82. The fraction of sp³-hybridized carbons (Fsp3) is 0.250. The molecule has 0 aliphatic heterocycles. The normalized spacial score (nSPS) is 8.22. The fourth-order valence-electron chi connectivity index (χ4n) is 0.637. The van der Waals surface area contributed by atoms with E-state index >= 15 is 0 Å². The van der Waals surface area contributed by atoms with Crippen molar-refractivity contribution < 1.29 is 21.1 Å². The van der Waals surface area contributed by atoms with Crippen LogP contribution in [-0.2, 0) is 21.1 Å². The molecule has 0 heterocycles. The maximum Gasteiger partial charge on any atom is 0 e. The van der Waals surface area contributed by atoms with Crippen LogP contribution < -0.4 is 0 Å². The molecule has 1 aromatic carbocycles. The van der Waals surface area contributed by atoms with Gasteiger partial charge < -0.3 is 0 Å². The maximum atomic E-state index is 2.12. The van der Waals surface area contributed by atoms with Gasteiger partial charge in [0.2, 0.25) is 0 Å². The molecule has 0 amide bonds. The van der Waals surface area contributed by atoms with E-state index in [9.17, 15) is 0 Å². The van der Waals surface area contributed by atoms with Crippen molar-refractivity contribution in [3.63, 3.8) is 0 Å². The molecule has 9 heavy (non-hydrogen) atoms.